The van der Waals surface area contributed by atoms with Crippen LogP contribution in [0.2, 0.25) is 0 Å². The molecule has 0 aromatic heterocycles. The van der Waals surface area contributed by atoms with Crippen LogP contribution in [0.5, 0.6) is 5.75 Å². The molecule has 1 aromatic rings. The molecule has 1 amide bonds. The molecule has 74 valence electrons. The zero-order valence-electron chi connectivity index (χ0n) is 7.90. The van der Waals surface area contributed by atoms with E-state index >= 15 is 0 Å². The van der Waals surface area contributed by atoms with Gasteiger partial charge in [-0.25, -0.2) is 0 Å². The molecular formula is C10H11NO3. The molecule has 0 unspecified atom stereocenters. The Kier molecular flexibility index (Phi) is 2.37. The van der Waals surface area contributed by atoms with Crippen molar-refractivity contribution in [1.82, 2.24) is 4.90 Å². The minimum Gasteiger partial charge on any atom is -0.344 e. The summed E-state index contributed by atoms with van der Waals surface area (Å²) < 4.78 is 0. The van der Waals surface area contributed by atoms with E-state index in [1.807, 2.05) is 18.2 Å². The standard InChI is InChI=1S/C10H11NO3/c1-11(7-12)5-8-2-3-10-9(4-8)6-13-14-10/h2-4,7H,5-6H2,1H3. The number of benzene rings is 1. The minimum absolute atomic E-state index is 0.480. The van der Waals surface area contributed by atoms with Gasteiger partial charge in [-0.1, -0.05) is 6.07 Å². The predicted molar refractivity (Wildman–Crippen MR) is 49.4 cm³/mol. The molecular weight excluding hydrogens is 182 g/mol. The SMILES string of the molecule is CN(C=O)Cc1ccc2c(c1)COO2. The number of hydrogen-bond acceptors (Lipinski definition) is 3. The van der Waals surface area contributed by atoms with Gasteiger partial charge in [0, 0.05) is 19.2 Å². The lowest BCUT2D eigenvalue weighted by Crippen LogP contribution is -2.14. The molecule has 0 spiro atoms. The van der Waals surface area contributed by atoms with Crippen LogP contribution < -0.4 is 4.89 Å². The molecule has 4 heteroatoms. The molecule has 1 heterocycles. The zero-order valence-corrected chi connectivity index (χ0v) is 7.90. The van der Waals surface area contributed by atoms with E-state index in [4.69, 9.17) is 9.78 Å². The Morgan fingerprint density at radius 2 is 2.43 bits per heavy atom. The highest BCUT2D eigenvalue weighted by molar-refractivity contribution is 5.47. The van der Waals surface area contributed by atoms with Gasteiger partial charge in [-0.15, -0.1) is 0 Å². The summed E-state index contributed by atoms with van der Waals surface area (Å²) >= 11 is 0. The van der Waals surface area contributed by atoms with Crippen molar-refractivity contribution in [3.8, 4) is 5.75 Å². The summed E-state index contributed by atoms with van der Waals surface area (Å²) in [5.41, 5.74) is 2.11. The fraction of sp³-hybridized carbons (Fsp3) is 0.300. The summed E-state index contributed by atoms with van der Waals surface area (Å²) in [7, 11) is 1.74. The Morgan fingerprint density at radius 3 is 3.21 bits per heavy atom. The molecule has 0 saturated carbocycles. The molecule has 2 rings (SSSR count). The highest BCUT2D eigenvalue weighted by Crippen LogP contribution is 2.26. The van der Waals surface area contributed by atoms with Crippen LogP contribution in [0.15, 0.2) is 18.2 Å². The van der Waals surface area contributed by atoms with E-state index in [0.717, 1.165) is 23.3 Å². The normalized spacial score (nSPS) is 13.2. The molecule has 0 N–H and O–H groups in total. The van der Waals surface area contributed by atoms with Crippen molar-refractivity contribution >= 4 is 6.41 Å². The summed E-state index contributed by atoms with van der Waals surface area (Å²) in [4.78, 5) is 21.7. The van der Waals surface area contributed by atoms with Gasteiger partial charge in [0.2, 0.25) is 6.41 Å². The minimum atomic E-state index is 0.480. The Morgan fingerprint density at radius 1 is 1.57 bits per heavy atom. The third kappa shape index (κ3) is 1.70. The predicted octanol–water partition coefficient (Wildman–Crippen LogP) is 1.10. The van der Waals surface area contributed by atoms with E-state index in [-0.39, 0.29) is 0 Å². The number of rotatable bonds is 3. The number of carbonyl (C=O) groups is 1. The second-order valence-electron chi connectivity index (χ2n) is 3.31. The van der Waals surface area contributed by atoms with Crippen molar-refractivity contribution in [3.63, 3.8) is 0 Å². The lowest BCUT2D eigenvalue weighted by atomic mass is 10.1. The third-order valence-corrected chi connectivity index (χ3v) is 2.10. The summed E-state index contributed by atoms with van der Waals surface area (Å²) in [5.74, 6) is 0.766. The molecule has 0 radical (unpaired) electrons. The van der Waals surface area contributed by atoms with Gasteiger partial charge in [0.15, 0.2) is 5.75 Å². The van der Waals surface area contributed by atoms with E-state index in [2.05, 4.69) is 0 Å². The summed E-state index contributed by atoms with van der Waals surface area (Å²) in [5, 5.41) is 0. The van der Waals surface area contributed by atoms with Crippen LogP contribution >= 0.6 is 0 Å². The maximum absolute atomic E-state index is 10.4. The highest BCUT2D eigenvalue weighted by atomic mass is 17.2. The van der Waals surface area contributed by atoms with E-state index in [0.29, 0.717) is 13.2 Å². The number of amides is 1. The van der Waals surface area contributed by atoms with Crippen LogP contribution in [0.4, 0.5) is 0 Å². The Hall–Kier alpha value is -1.55. The van der Waals surface area contributed by atoms with Crippen LogP contribution in [0, 0.1) is 0 Å². The number of nitrogens with zero attached hydrogens (tertiary/aromatic N) is 1. The lowest BCUT2D eigenvalue weighted by Gasteiger charge is -2.10. The first-order valence-corrected chi connectivity index (χ1v) is 4.36. The van der Waals surface area contributed by atoms with Gasteiger partial charge in [0.1, 0.15) is 6.61 Å². The second-order valence-corrected chi connectivity index (χ2v) is 3.31. The van der Waals surface area contributed by atoms with Crippen LogP contribution in [0.25, 0.3) is 0 Å². The van der Waals surface area contributed by atoms with Crippen LogP contribution in [-0.4, -0.2) is 18.4 Å². The van der Waals surface area contributed by atoms with E-state index < -0.39 is 0 Å². The maximum atomic E-state index is 10.4. The third-order valence-electron chi connectivity index (χ3n) is 2.10. The fourth-order valence-electron chi connectivity index (χ4n) is 1.41. The average Bonchev–Trinajstić information content (AvgIpc) is 2.64. The van der Waals surface area contributed by atoms with Gasteiger partial charge < -0.3 is 9.79 Å². The first-order chi connectivity index (χ1) is 6.79. The Balaban J connectivity index is 2.16. The van der Waals surface area contributed by atoms with Crippen molar-refractivity contribution < 1.29 is 14.6 Å². The monoisotopic (exact) mass is 193 g/mol. The van der Waals surface area contributed by atoms with Crippen LogP contribution in [0.1, 0.15) is 11.1 Å². The molecule has 4 nitrogen and oxygen atoms in total. The second kappa shape index (κ2) is 3.67. The van der Waals surface area contributed by atoms with Gasteiger partial charge in [0.25, 0.3) is 0 Å². The number of hydrogen-bond donors (Lipinski definition) is 0. The van der Waals surface area contributed by atoms with Gasteiger partial charge in [-0.2, -0.15) is 4.89 Å². The molecule has 0 bridgehead atoms. The maximum Gasteiger partial charge on any atom is 0.209 e. The van der Waals surface area contributed by atoms with Crippen LogP contribution in [0.3, 0.4) is 0 Å². The molecule has 0 saturated heterocycles. The largest absolute Gasteiger partial charge is 0.344 e. The van der Waals surface area contributed by atoms with Gasteiger partial charge >= 0.3 is 0 Å². The van der Waals surface area contributed by atoms with Crippen molar-refractivity contribution in [2.45, 2.75) is 13.2 Å². The summed E-state index contributed by atoms with van der Waals surface area (Å²) in [6.07, 6.45) is 0.806. The van der Waals surface area contributed by atoms with Crippen LogP contribution in [-0.2, 0) is 22.8 Å². The summed E-state index contributed by atoms with van der Waals surface area (Å²) in [6, 6.07) is 5.77. The van der Waals surface area contributed by atoms with Gasteiger partial charge in [0.05, 0.1) is 0 Å². The molecule has 1 aliphatic heterocycles. The van der Waals surface area contributed by atoms with E-state index in [1.165, 1.54) is 0 Å². The van der Waals surface area contributed by atoms with Crippen molar-refractivity contribution in [3.05, 3.63) is 29.3 Å². The fourth-order valence-corrected chi connectivity index (χ4v) is 1.41. The molecule has 0 fully saturated rings. The van der Waals surface area contributed by atoms with E-state index in [9.17, 15) is 4.79 Å². The van der Waals surface area contributed by atoms with E-state index in [1.54, 1.807) is 11.9 Å². The molecule has 0 atom stereocenters. The highest BCUT2D eigenvalue weighted by Gasteiger charge is 2.13. The quantitative estimate of drug-likeness (QED) is 0.533. The first-order valence-electron chi connectivity index (χ1n) is 4.36. The van der Waals surface area contributed by atoms with Crippen molar-refractivity contribution in [2.24, 2.45) is 0 Å². The Bertz CT molecular complexity index is 351. The molecule has 0 aliphatic carbocycles. The van der Waals surface area contributed by atoms with Gasteiger partial charge in [-0.3, -0.25) is 4.79 Å². The summed E-state index contributed by atoms with van der Waals surface area (Å²) in [6.45, 7) is 1.09. The number of fused-ring (bicyclic) bond motifs is 1. The average molecular weight is 193 g/mol. The van der Waals surface area contributed by atoms with Crippen molar-refractivity contribution in [2.75, 3.05) is 7.05 Å². The first kappa shape index (κ1) is 9.02. The number of carbonyl (C=O) groups excluding carboxylic acids is 1. The lowest BCUT2D eigenvalue weighted by molar-refractivity contribution is -0.194. The van der Waals surface area contributed by atoms with Gasteiger partial charge in [-0.05, 0) is 17.7 Å². The van der Waals surface area contributed by atoms with Crippen molar-refractivity contribution in [1.29, 1.82) is 0 Å². The zero-order chi connectivity index (χ0) is 9.97. The topological polar surface area (TPSA) is 38.8 Å². The molecule has 1 aliphatic rings. The smallest absolute Gasteiger partial charge is 0.209 e. The Labute approximate surface area is 82.0 Å². The molecule has 1 aromatic carbocycles. The molecule has 14 heavy (non-hydrogen) atoms.